The highest BCUT2D eigenvalue weighted by atomic mass is 32.2. The Morgan fingerprint density at radius 1 is 1.62 bits per heavy atom. The van der Waals surface area contributed by atoms with Gasteiger partial charge < -0.3 is 9.84 Å². The van der Waals surface area contributed by atoms with E-state index in [0.29, 0.717) is 12.3 Å². The average Bonchev–Trinajstić information content (AvgIpc) is 2.27. The summed E-state index contributed by atoms with van der Waals surface area (Å²) in [4.78, 5) is 16.1. The van der Waals surface area contributed by atoms with Crippen molar-refractivity contribution in [1.82, 2.24) is 4.98 Å². The van der Waals surface area contributed by atoms with Crippen LogP contribution < -0.4 is 0 Å². The topological polar surface area (TPSA) is 59.4 Å². The van der Waals surface area contributed by atoms with Crippen LogP contribution in [0.1, 0.15) is 25.6 Å². The molecule has 0 aliphatic rings. The van der Waals surface area contributed by atoms with Gasteiger partial charge in [-0.15, -0.1) is 11.8 Å². The van der Waals surface area contributed by atoms with Crippen molar-refractivity contribution in [2.75, 3.05) is 12.4 Å². The van der Waals surface area contributed by atoms with E-state index in [2.05, 4.69) is 4.98 Å². The van der Waals surface area contributed by atoms with Gasteiger partial charge in [-0.2, -0.15) is 0 Å². The van der Waals surface area contributed by atoms with Crippen molar-refractivity contribution in [2.24, 2.45) is 0 Å². The molecule has 1 heterocycles. The molecule has 0 radical (unpaired) electrons. The van der Waals surface area contributed by atoms with Crippen LogP contribution in [-0.4, -0.2) is 28.4 Å². The Labute approximate surface area is 99.0 Å². The number of aromatic nitrogens is 1. The van der Waals surface area contributed by atoms with E-state index in [1.165, 1.54) is 11.8 Å². The van der Waals surface area contributed by atoms with Crippen LogP contribution in [0.4, 0.5) is 0 Å². The number of thioether (sulfide) groups is 1. The third-order valence-electron chi connectivity index (χ3n) is 1.85. The lowest BCUT2D eigenvalue weighted by Gasteiger charge is -2.05. The lowest BCUT2D eigenvalue weighted by molar-refractivity contribution is -0.139. The van der Waals surface area contributed by atoms with Crippen molar-refractivity contribution in [3.63, 3.8) is 0 Å². The molecule has 0 amide bonds. The molecule has 0 aromatic carbocycles. The minimum Gasteiger partial charge on any atom is -0.465 e. The highest BCUT2D eigenvalue weighted by Gasteiger charge is 2.05. The largest absolute Gasteiger partial charge is 0.465 e. The van der Waals surface area contributed by atoms with Gasteiger partial charge in [0, 0.05) is 11.1 Å². The van der Waals surface area contributed by atoms with Crippen LogP contribution in [0.25, 0.3) is 0 Å². The van der Waals surface area contributed by atoms with E-state index in [0.717, 1.165) is 4.90 Å². The first-order valence-corrected chi connectivity index (χ1v) is 6.04. The number of pyridine rings is 1. The SMILES string of the molecule is CCOC(=O)CSc1ccc([C@H](C)O)nc1. The van der Waals surface area contributed by atoms with E-state index < -0.39 is 6.10 Å². The predicted molar refractivity (Wildman–Crippen MR) is 62.2 cm³/mol. The van der Waals surface area contributed by atoms with Crippen molar-refractivity contribution in [3.8, 4) is 0 Å². The van der Waals surface area contributed by atoms with E-state index in [9.17, 15) is 9.90 Å². The lowest BCUT2D eigenvalue weighted by atomic mass is 10.2. The maximum Gasteiger partial charge on any atom is 0.316 e. The predicted octanol–water partition coefficient (Wildman–Crippen LogP) is 1.79. The number of hydrogen-bond donors (Lipinski definition) is 1. The number of rotatable bonds is 5. The number of esters is 1. The molecule has 0 unspecified atom stereocenters. The molecule has 0 bridgehead atoms. The summed E-state index contributed by atoms with van der Waals surface area (Å²) in [7, 11) is 0. The smallest absolute Gasteiger partial charge is 0.316 e. The second-order valence-corrected chi connectivity index (χ2v) is 4.24. The second kappa shape index (κ2) is 6.50. The van der Waals surface area contributed by atoms with Crippen LogP contribution in [0.5, 0.6) is 0 Å². The van der Waals surface area contributed by atoms with Crippen LogP contribution in [0.15, 0.2) is 23.2 Å². The molecule has 1 rings (SSSR count). The molecular weight excluding hydrogens is 226 g/mol. The highest BCUT2D eigenvalue weighted by molar-refractivity contribution is 8.00. The van der Waals surface area contributed by atoms with Crippen molar-refractivity contribution in [3.05, 3.63) is 24.0 Å². The Balaban J connectivity index is 2.46. The van der Waals surface area contributed by atoms with E-state index in [1.54, 1.807) is 26.1 Å². The molecule has 1 aromatic heterocycles. The summed E-state index contributed by atoms with van der Waals surface area (Å²) >= 11 is 1.37. The number of ether oxygens (including phenoxy) is 1. The fourth-order valence-electron chi connectivity index (χ4n) is 1.07. The molecule has 0 fully saturated rings. The first-order chi connectivity index (χ1) is 7.63. The summed E-state index contributed by atoms with van der Waals surface area (Å²) in [5.41, 5.74) is 0.625. The van der Waals surface area contributed by atoms with Gasteiger partial charge in [-0.1, -0.05) is 0 Å². The zero-order chi connectivity index (χ0) is 12.0. The van der Waals surface area contributed by atoms with Crippen LogP contribution in [0.3, 0.4) is 0 Å². The van der Waals surface area contributed by atoms with E-state index in [1.807, 2.05) is 6.07 Å². The van der Waals surface area contributed by atoms with Crippen molar-refractivity contribution < 1.29 is 14.6 Å². The molecule has 0 aliphatic heterocycles. The van der Waals surface area contributed by atoms with Gasteiger partial charge in [0.15, 0.2) is 0 Å². The molecule has 4 nitrogen and oxygen atoms in total. The number of hydrogen-bond acceptors (Lipinski definition) is 5. The third kappa shape index (κ3) is 4.20. The molecule has 0 spiro atoms. The zero-order valence-corrected chi connectivity index (χ0v) is 10.2. The van der Waals surface area contributed by atoms with Crippen LogP contribution in [0, 0.1) is 0 Å². The van der Waals surface area contributed by atoms with Gasteiger partial charge >= 0.3 is 5.97 Å². The van der Waals surface area contributed by atoms with Crippen LogP contribution in [-0.2, 0) is 9.53 Å². The first-order valence-electron chi connectivity index (χ1n) is 5.06. The van der Waals surface area contributed by atoms with Crippen molar-refractivity contribution in [2.45, 2.75) is 24.8 Å². The first kappa shape index (κ1) is 13.0. The van der Waals surface area contributed by atoms with Crippen molar-refractivity contribution >= 4 is 17.7 Å². The van der Waals surface area contributed by atoms with Crippen molar-refractivity contribution in [1.29, 1.82) is 0 Å². The Kier molecular flexibility index (Phi) is 5.28. The summed E-state index contributed by atoms with van der Waals surface area (Å²) in [6.07, 6.45) is 1.08. The quantitative estimate of drug-likeness (QED) is 0.629. The fraction of sp³-hybridized carbons (Fsp3) is 0.455. The lowest BCUT2D eigenvalue weighted by Crippen LogP contribution is -2.06. The number of carbonyl (C=O) groups is 1. The monoisotopic (exact) mass is 241 g/mol. The zero-order valence-electron chi connectivity index (χ0n) is 9.34. The fourth-order valence-corrected chi connectivity index (χ4v) is 1.73. The Morgan fingerprint density at radius 2 is 2.38 bits per heavy atom. The maximum absolute atomic E-state index is 11.1. The summed E-state index contributed by atoms with van der Waals surface area (Å²) in [5.74, 6) is 0.0518. The van der Waals surface area contributed by atoms with Gasteiger partial charge in [0.05, 0.1) is 24.2 Å². The minimum atomic E-state index is -0.566. The molecule has 1 N–H and O–H groups in total. The molecule has 88 valence electrons. The normalized spacial score (nSPS) is 12.2. The van der Waals surface area contributed by atoms with Gasteiger partial charge in [-0.25, -0.2) is 0 Å². The summed E-state index contributed by atoms with van der Waals surface area (Å²) in [6.45, 7) is 3.84. The van der Waals surface area contributed by atoms with Gasteiger partial charge in [0.25, 0.3) is 0 Å². The molecule has 1 aromatic rings. The third-order valence-corrected chi connectivity index (χ3v) is 2.80. The Bertz CT molecular complexity index is 338. The van der Waals surface area contributed by atoms with Gasteiger partial charge in [0.1, 0.15) is 0 Å². The number of aliphatic hydroxyl groups excluding tert-OH is 1. The maximum atomic E-state index is 11.1. The number of carbonyl (C=O) groups excluding carboxylic acids is 1. The molecule has 0 aliphatic carbocycles. The summed E-state index contributed by atoms with van der Waals surface area (Å²) in [5, 5.41) is 9.26. The van der Waals surface area contributed by atoms with Gasteiger partial charge in [0.2, 0.25) is 0 Å². The molecule has 1 atom stereocenters. The average molecular weight is 241 g/mol. The van der Waals surface area contributed by atoms with E-state index in [4.69, 9.17) is 4.74 Å². The molecule has 16 heavy (non-hydrogen) atoms. The van der Waals surface area contributed by atoms with Gasteiger partial charge in [-0.05, 0) is 26.0 Å². The minimum absolute atomic E-state index is 0.230. The Hall–Kier alpha value is -1.07. The molecule has 0 saturated heterocycles. The number of aliphatic hydroxyl groups is 1. The molecule has 0 saturated carbocycles. The second-order valence-electron chi connectivity index (χ2n) is 3.19. The number of nitrogens with zero attached hydrogens (tertiary/aromatic N) is 1. The summed E-state index contributed by atoms with van der Waals surface area (Å²) in [6, 6.07) is 3.58. The van der Waals surface area contributed by atoms with Crippen LogP contribution >= 0.6 is 11.8 Å². The van der Waals surface area contributed by atoms with Crippen LogP contribution in [0.2, 0.25) is 0 Å². The van der Waals surface area contributed by atoms with Gasteiger partial charge in [-0.3, -0.25) is 9.78 Å². The van der Waals surface area contributed by atoms with E-state index >= 15 is 0 Å². The molecular formula is C11H15NO3S. The summed E-state index contributed by atoms with van der Waals surface area (Å²) < 4.78 is 4.81. The molecule has 5 heteroatoms. The standard InChI is InChI=1S/C11H15NO3S/c1-3-15-11(14)7-16-9-4-5-10(8(2)13)12-6-9/h4-6,8,13H,3,7H2,1-2H3/t8-/m0/s1. The highest BCUT2D eigenvalue weighted by Crippen LogP contribution is 2.18. The Morgan fingerprint density at radius 3 is 2.88 bits per heavy atom. The van der Waals surface area contributed by atoms with E-state index in [-0.39, 0.29) is 11.7 Å².